The smallest absolute Gasteiger partial charge is 0.392 e. The first-order valence-electron chi connectivity index (χ1n) is 5.95. The number of alkyl halides is 3. The van der Waals surface area contributed by atoms with Crippen LogP contribution < -0.4 is 0 Å². The second kappa shape index (κ2) is 5.89. The third-order valence-electron chi connectivity index (χ3n) is 2.75. The van der Waals surface area contributed by atoms with Gasteiger partial charge in [-0.2, -0.15) is 13.2 Å². The highest BCUT2D eigenvalue weighted by Gasteiger charge is 2.33. The number of hydrogen-bond acceptors (Lipinski definition) is 2. The first-order chi connectivity index (χ1) is 9.40. The summed E-state index contributed by atoms with van der Waals surface area (Å²) in [5.74, 6) is 0. The van der Waals surface area contributed by atoms with E-state index in [2.05, 4.69) is 0 Å². The van der Waals surface area contributed by atoms with Gasteiger partial charge >= 0.3 is 6.18 Å². The van der Waals surface area contributed by atoms with Crippen LogP contribution in [0.5, 0.6) is 0 Å². The number of hydrogen-bond donors (Lipinski definition) is 1. The molecule has 2 aromatic rings. The van der Waals surface area contributed by atoms with E-state index in [0.717, 1.165) is 28.3 Å². The summed E-state index contributed by atoms with van der Waals surface area (Å²) in [7, 11) is 0. The van der Waals surface area contributed by atoms with Gasteiger partial charge in [0.05, 0.1) is 12.2 Å². The summed E-state index contributed by atoms with van der Waals surface area (Å²) in [6.07, 6.45) is -4.43. The van der Waals surface area contributed by atoms with Gasteiger partial charge in [-0.3, -0.25) is 0 Å². The van der Waals surface area contributed by atoms with Gasteiger partial charge in [0.1, 0.15) is 0 Å². The molecular weight excluding hydrogens is 285 g/mol. The Bertz CT molecular complexity index is 608. The maximum atomic E-state index is 13.1. The molecule has 106 valence electrons. The van der Waals surface area contributed by atoms with Gasteiger partial charge in [-0.25, -0.2) is 0 Å². The molecule has 0 aliphatic carbocycles. The lowest BCUT2D eigenvalue weighted by atomic mass is 10.1. The van der Waals surface area contributed by atoms with Crippen LogP contribution in [0.3, 0.4) is 0 Å². The lowest BCUT2D eigenvalue weighted by Crippen LogP contribution is -2.07. The van der Waals surface area contributed by atoms with Crippen LogP contribution in [0.15, 0.2) is 52.3 Å². The van der Waals surface area contributed by atoms with Crippen LogP contribution in [-0.2, 0) is 12.8 Å². The van der Waals surface area contributed by atoms with Crippen LogP contribution in [0.2, 0.25) is 0 Å². The topological polar surface area (TPSA) is 20.2 Å². The molecule has 0 amide bonds. The molecule has 0 aromatic heterocycles. The Morgan fingerprint density at radius 3 is 2.45 bits per heavy atom. The van der Waals surface area contributed by atoms with Crippen molar-refractivity contribution in [2.45, 2.75) is 29.5 Å². The molecular formula is C15H13F3OS. The molecule has 0 unspecified atom stereocenters. The zero-order valence-corrected chi connectivity index (χ0v) is 11.6. The Hall–Kier alpha value is -1.46. The van der Waals surface area contributed by atoms with Gasteiger partial charge in [0.2, 0.25) is 0 Å². The van der Waals surface area contributed by atoms with Gasteiger partial charge < -0.3 is 5.11 Å². The molecule has 5 heteroatoms. The van der Waals surface area contributed by atoms with Crippen molar-refractivity contribution in [3.63, 3.8) is 0 Å². The van der Waals surface area contributed by atoms with Crippen molar-refractivity contribution in [3.8, 4) is 0 Å². The zero-order valence-electron chi connectivity index (χ0n) is 10.7. The minimum absolute atomic E-state index is 0.139. The average Bonchev–Trinajstić information content (AvgIpc) is 2.38. The predicted octanol–water partition coefficient (Wildman–Crippen LogP) is 4.66. The number of rotatable bonds is 3. The van der Waals surface area contributed by atoms with Crippen LogP contribution >= 0.6 is 11.8 Å². The molecule has 1 nitrogen and oxygen atoms in total. The number of aliphatic hydroxyl groups is 1. The van der Waals surface area contributed by atoms with Crippen molar-refractivity contribution in [1.29, 1.82) is 0 Å². The minimum atomic E-state index is -4.43. The lowest BCUT2D eigenvalue weighted by molar-refractivity contribution is -0.139. The fourth-order valence-corrected chi connectivity index (χ4v) is 2.86. The molecule has 0 atom stereocenters. The van der Waals surface area contributed by atoms with Crippen molar-refractivity contribution >= 4 is 11.8 Å². The molecule has 0 fully saturated rings. The maximum absolute atomic E-state index is 13.1. The highest BCUT2D eigenvalue weighted by Crippen LogP contribution is 2.40. The predicted molar refractivity (Wildman–Crippen MR) is 72.7 cm³/mol. The third kappa shape index (κ3) is 3.55. The fourth-order valence-electron chi connectivity index (χ4n) is 1.79. The summed E-state index contributed by atoms with van der Waals surface area (Å²) in [6, 6.07) is 11.2. The van der Waals surface area contributed by atoms with E-state index < -0.39 is 18.3 Å². The number of aliphatic hydroxyl groups excluding tert-OH is 1. The van der Waals surface area contributed by atoms with E-state index >= 15 is 0 Å². The van der Waals surface area contributed by atoms with E-state index in [0.29, 0.717) is 0 Å². The van der Waals surface area contributed by atoms with Gasteiger partial charge in [-0.1, -0.05) is 35.5 Å². The number of benzene rings is 2. The standard InChI is InChI=1S/C15H13F3OS/c1-10-3-2-4-12(7-10)20-14-6-5-11(9-19)8-13(14)15(16,17)18/h2-8,19H,9H2,1H3. The van der Waals surface area contributed by atoms with E-state index in [1.165, 1.54) is 12.1 Å². The Kier molecular flexibility index (Phi) is 4.40. The highest BCUT2D eigenvalue weighted by atomic mass is 32.2. The molecule has 0 radical (unpaired) electrons. The zero-order chi connectivity index (χ0) is 14.8. The summed E-state index contributed by atoms with van der Waals surface area (Å²) in [5, 5.41) is 8.97. The van der Waals surface area contributed by atoms with E-state index in [-0.39, 0.29) is 10.5 Å². The molecule has 2 aromatic carbocycles. The van der Waals surface area contributed by atoms with Crippen LogP contribution in [0, 0.1) is 6.92 Å². The van der Waals surface area contributed by atoms with E-state index in [1.807, 2.05) is 25.1 Å². The molecule has 0 bridgehead atoms. The minimum Gasteiger partial charge on any atom is -0.392 e. The molecule has 20 heavy (non-hydrogen) atoms. The third-order valence-corrected chi connectivity index (χ3v) is 3.81. The van der Waals surface area contributed by atoms with Gasteiger partial charge in [0.25, 0.3) is 0 Å². The average molecular weight is 298 g/mol. The van der Waals surface area contributed by atoms with E-state index in [4.69, 9.17) is 5.11 Å². The maximum Gasteiger partial charge on any atom is 0.417 e. The summed E-state index contributed by atoms with van der Waals surface area (Å²) in [4.78, 5) is 0.896. The highest BCUT2D eigenvalue weighted by molar-refractivity contribution is 7.99. The number of aryl methyl sites for hydroxylation is 1. The molecule has 0 heterocycles. The van der Waals surface area contributed by atoms with Crippen molar-refractivity contribution < 1.29 is 18.3 Å². The largest absolute Gasteiger partial charge is 0.417 e. The van der Waals surface area contributed by atoms with Gasteiger partial charge in [0, 0.05) is 9.79 Å². The molecule has 0 aliphatic heterocycles. The van der Waals surface area contributed by atoms with Crippen LogP contribution in [0.1, 0.15) is 16.7 Å². The normalized spacial score (nSPS) is 11.7. The molecule has 1 N–H and O–H groups in total. The Morgan fingerprint density at radius 2 is 1.85 bits per heavy atom. The second-order valence-electron chi connectivity index (χ2n) is 4.40. The second-order valence-corrected chi connectivity index (χ2v) is 5.52. The molecule has 0 saturated carbocycles. The molecule has 0 saturated heterocycles. The van der Waals surface area contributed by atoms with Crippen LogP contribution in [0.4, 0.5) is 13.2 Å². The van der Waals surface area contributed by atoms with Gasteiger partial charge in [-0.15, -0.1) is 0 Å². The Balaban J connectivity index is 2.41. The summed E-state index contributed by atoms with van der Waals surface area (Å²) < 4.78 is 39.2. The fraction of sp³-hybridized carbons (Fsp3) is 0.200. The lowest BCUT2D eigenvalue weighted by Gasteiger charge is -2.14. The summed E-state index contributed by atoms with van der Waals surface area (Å²) in [6.45, 7) is 1.49. The molecule has 2 rings (SSSR count). The van der Waals surface area contributed by atoms with Gasteiger partial charge in [0.15, 0.2) is 0 Å². The molecule has 0 aliphatic rings. The summed E-state index contributed by atoms with van der Waals surface area (Å²) >= 11 is 1.07. The van der Waals surface area contributed by atoms with E-state index in [9.17, 15) is 13.2 Å². The number of halogens is 3. The van der Waals surface area contributed by atoms with Crippen LogP contribution in [-0.4, -0.2) is 5.11 Å². The Labute approximate surface area is 119 Å². The van der Waals surface area contributed by atoms with Crippen molar-refractivity contribution in [2.24, 2.45) is 0 Å². The monoisotopic (exact) mass is 298 g/mol. The molecule has 0 spiro atoms. The van der Waals surface area contributed by atoms with Crippen molar-refractivity contribution in [3.05, 3.63) is 59.2 Å². The van der Waals surface area contributed by atoms with Crippen molar-refractivity contribution in [2.75, 3.05) is 0 Å². The van der Waals surface area contributed by atoms with Crippen molar-refractivity contribution in [1.82, 2.24) is 0 Å². The quantitative estimate of drug-likeness (QED) is 0.889. The van der Waals surface area contributed by atoms with Gasteiger partial charge in [-0.05, 0) is 36.8 Å². The summed E-state index contributed by atoms with van der Waals surface area (Å²) in [5.41, 5.74) is 0.539. The Morgan fingerprint density at radius 1 is 1.10 bits per heavy atom. The first kappa shape index (κ1) is 14.9. The van der Waals surface area contributed by atoms with E-state index in [1.54, 1.807) is 6.07 Å². The SMILES string of the molecule is Cc1cccc(Sc2ccc(CO)cc2C(F)(F)F)c1. The van der Waals surface area contributed by atoms with Crippen LogP contribution in [0.25, 0.3) is 0 Å². The first-order valence-corrected chi connectivity index (χ1v) is 6.77.